The molecule has 0 rings (SSSR count). The van der Waals surface area contributed by atoms with Crippen LogP contribution in [0.3, 0.4) is 0 Å². The van der Waals surface area contributed by atoms with Gasteiger partial charge in [-0.25, -0.2) is 0 Å². The summed E-state index contributed by atoms with van der Waals surface area (Å²) in [5.74, 6) is 0. The van der Waals surface area contributed by atoms with Gasteiger partial charge in [-0.3, -0.25) is 9.11 Å². The predicted octanol–water partition coefficient (Wildman–Crippen LogP) is -2.04. The lowest BCUT2D eigenvalue weighted by atomic mass is 11.8. The molecule has 13 heavy (non-hydrogen) atoms. The smallest absolute Gasteiger partial charge is 0.262 e. The monoisotopic (exact) mass is 238 g/mol. The Hall–Kier alpha value is -0.880. The van der Waals surface area contributed by atoms with Crippen LogP contribution in [0.2, 0.25) is 0 Å². The topological polar surface area (TPSA) is 161 Å². The Kier molecular flexibility index (Phi) is 6.43. The van der Waals surface area contributed by atoms with E-state index in [0.29, 0.717) is 0 Å². The van der Waals surface area contributed by atoms with E-state index in [9.17, 15) is 16.8 Å². The molecule has 0 aromatic rings. The highest BCUT2D eigenvalue weighted by Crippen LogP contribution is 1.92. The third-order valence-electron chi connectivity index (χ3n) is 0.200. The molecule has 0 aromatic carbocycles. The summed E-state index contributed by atoms with van der Waals surface area (Å²) in [6.45, 7) is 0. The molecule has 2 N–H and O–H groups in total. The van der Waals surface area contributed by atoms with E-state index in [1.807, 2.05) is 0 Å². The first-order chi connectivity index (χ1) is 5.62. The zero-order valence-corrected chi connectivity index (χ0v) is 7.11. The van der Waals surface area contributed by atoms with Crippen molar-refractivity contribution in [1.29, 1.82) is 0 Å². The van der Waals surface area contributed by atoms with E-state index >= 15 is 0 Å². The molecule has 12 heteroatoms. The lowest BCUT2D eigenvalue weighted by Gasteiger charge is -1.92. The van der Waals surface area contributed by atoms with Crippen LogP contribution in [-0.4, -0.2) is 32.1 Å². The minimum absolute atomic E-state index is 0.250. The van der Waals surface area contributed by atoms with Crippen molar-refractivity contribution >= 4 is 26.9 Å². The summed E-state index contributed by atoms with van der Waals surface area (Å²) in [6, 6.07) is 0. The van der Waals surface area contributed by atoms with Crippen LogP contribution in [0.25, 0.3) is 0 Å². The van der Waals surface area contributed by atoms with Crippen LogP contribution in [0.15, 0.2) is 0 Å². The molecule has 0 amide bonds. The van der Waals surface area contributed by atoms with E-state index in [1.165, 1.54) is 0 Å². The SMILES string of the molecule is O=C=O.O=S(=O)(O)OOS(=O)(=O)O. The fourth-order valence-corrected chi connectivity index (χ4v) is 0.632. The van der Waals surface area contributed by atoms with Crippen molar-refractivity contribution in [3.05, 3.63) is 0 Å². The van der Waals surface area contributed by atoms with Gasteiger partial charge >= 0.3 is 26.9 Å². The maximum absolute atomic E-state index is 9.51. The molecule has 0 fully saturated rings. The summed E-state index contributed by atoms with van der Waals surface area (Å²) in [6.07, 6.45) is 0.250. The van der Waals surface area contributed by atoms with Gasteiger partial charge in [-0.15, -0.1) is 0 Å². The van der Waals surface area contributed by atoms with Crippen molar-refractivity contribution in [3.63, 3.8) is 0 Å². The zero-order valence-electron chi connectivity index (χ0n) is 5.48. The van der Waals surface area contributed by atoms with Gasteiger partial charge in [0.1, 0.15) is 0 Å². The number of rotatable bonds is 3. The summed E-state index contributed by atoms with van der Waals surface area (Å²) in [5.41, 5.74) is 0. The Morgan fingerprint density at radius 3 is 1.08 bits per heavy atom. The van der Waals surface area contributed by atoms with E-state index in [0.717, 1.165) is 0 Å². The molecular weight excluding hydrogens is 236 g/mol. The van der Waals surface area contributed by atoms with Gasteiger partial charge in [0.25, 0.3) is 0 Å². The molecule has 0 aliphatic rings. The van der Waals surface area contributed by atoms with Crippen LogP contribution in [0.4, 0.5) is 0 Å². The molecule has 0 bridgehead atoms. The van der Waals surface area contributed by atoms with Crippen molar-refractivity contribution < 1.29 is 44.2 Å². The molecule has 0 radical (unpaired) electrons. The quantitative estimate of drug-likeness (QED) is 0.318. The van der Waals surface area contributed by atoms with E-state index in [-0.39, 0.29) is 6.15 Å². The molecule has 10 nitrogen and oxygen atoms in total. The lowest BCUT2D eigenvalue weighted by molar-refractivity contribution is -0.191. The van der Waals surface area contributed by atoms with Crippen molar-refractivity contribution in [3.8, 4) is 0 Å². The lowest BCUT2D eigenvalue weighted by Crippen LogP contribution is -2.10. The molecule has 78 valence electrons. The van der Waals surface area contributed by atoms with Gasteiger partial charge in [0.05, 0.1) is 0 Å². The maximum atomic E-state index is 9.51. The largest absolute Gasteiger partial charge is 0.425 e. The molecule has 0 aliphatic carbocycles. The van der Waals surface area contributed by atoms with Crippen LogP contribution in [-0.2, 0) is 39.1 Å². The third-order valence-corrected chi connectivity index (χ3v) is 0.766. The zero-order chi connectivity index (χ0) is 11.1. The molecule has 0 atom stereocenters. The van der Waals surface area contributed by atoms with Crippen LogP contribution in [0, 0.1) is 0 Å². The highest BCUT2D eigenvalue weighted by Gasteiger charge is 2.13. The van der Waals surface area contributed by atoms with Crippen molar-refractivity contribution in [2.45, 2.75) is 0 Å². The second kappa shape index (κ2) is 5.71. The van der Waals surface area contributed by atoms with Crippen molar-refractivity contribution in [2.24, 2.45) is 0 Å². The summed E-state index contributed by atoms with van der Waals surface area (Å²) in [4.78, 5) is 16.2. The number of hydrogen-bond acceptors (Lipinski definition) is 8. The van der Waals surface area contributed by atoms with Gasteiger partial charge in [-0.2, -0.15) is 26.4 Å². The van der Waals surface area contributed by atoms with Crippen LogP contribution in [0.5, 0.6) is 0 Å². The fraction of sp³-hybridized carbons (Fsp3) is 0. The molecule has 0 aliphatic heterocycles. The fourth-order valence-electron chi connectivity index (χ4n) is 0.0702. The second-order valence-corrected chi connectivity index (χ2v) is 3.06. The van der Waals surface area contributed by atoms with Gasteiger partial charge in [0.15, 0.2) is 0 Å². The average Bonchev–Trinajstić information content (AvgIpc) is 1.82. The van der Waals surface area contributed by atoms with Crippen LogP contribution >= 0.6 is 0 Å². The van der Waals surface area contributed by atoms with E-state index in [1.54, 1.807) is 0 Å². The molecule has 0 spiro atoms. The summed E-state index contributed by atoms with van der Waals surface area (Å²) in [5, 5.41) is 0. The standard InChI is InChI=1S/CO2.H2O8S2/c2-1-3;1-9(2,3)7-8-10(4,5)6/h;(H,1,2,3)(H,4,5,6). The molecule has 0 saturated carbocycles. The highest BCUT2D eigenvalue weighted by molar-refractivity contribution is 7.83. The van der Waals surface area contributed by atoms with Gasteiger partial charge in [0.2, 0.25) is 0 Å². The molecule has 0 unspecified atom stereocenters. The summed E-state index contributed by atoms with van der Waals surface area (Å²) < 4.78 is 58.9. The Morgan fingerprint density at radius 2 is 1.00 bits per heavy atom. The maximum Gasteiger partial charge on any atom is 0.425 e. The highest BCUT2D eigenvalue weighted by atomic mass is 32.3. The van der Waals surface area contributed by atoms with Crippen LogP contribution < -0.4 is 0 Å². The Bertz CT molecular complexity index is 318. The Labute approximate surface area is 71.9 Å². The minimum Gasteiger partial charge on any atom is -0.262 e. The average molecular weight is 238 g/mol. The summed E-state index contributed by atoms with van der Waals surface area (Å²) in [7, 11) is -10.0. The predicted molar refractivity (Wildman–Crippen MR) is 30.3 cm³/mol. The Balaban J connectivity index is 0. The molecular formula is CH2O10S2. The van der Waals surface area contributed by atoms with Gasteiger partial charge < -0.3 is 0 Å². The van der Waals surface area contributed by atoms with Gasteiger partial charge in [0, 0.05) is 0 Å². The van der Waals surface area contributed by atoms with E-state index in [2.05, 4.69) is 8.67 Å². The van der Waals surface area contributed by atoms with Gasteiger partial charge in [-0.1, -0.05) is 8.67 Å². The number of carbonyl (C=O) groups excluding carboxylic acids is 2. The Morgan fingerprint density at radius 1 is 0.846 bits per heavy atom. The number of hydrogen-bond donors (Lipinski definition) is 2. The van der Waals surface area contributed by atoms with Crippen LogP contribution in [0.1, 0.15) is 0 Å². The summed E-state index contributed by atoms with van der Waals surface area (Å²) >= 11 is 0. The third kappa shape index (κ3) is 24.7. The van der Waals surface area contributed by atoms with E-state index < -0.39 is 20.8 Å². The second-order valence-electron chi connectivity index (χ2n) is 1.07. The normalized spacial score (nSPS) is 10.9. The van der Waals surface area contributed by atoms with Crippen molar-refractivity contribution in [1.82, 2.24) is 0 Å². The minimum atomic E-state index is -5.02. The molecule has 0 saturated heterocycles. The first-order valence-corrected chi connectivity index (χ1v) is 4.67. The first kappa shape index (κ1) is 14.6. The van der Waals surface area contributed by atoms with Gasteiger partial charge in [-0.05, 0) is 0 Å². The first-order valence-electron chi connectivity index (χ1n) is 1.94. The van der Waals surface area contributed by atoms with E-state index in [4.69, 9.17) is 18.7 Å². The van der Waals surface area contributed by atoms with Crippen molar-refractivity contribution in [2.75, 3.05) is 0 Å². The molecule has 0 aromatic heterocycles. The molecule has 0 heterocycles.